The fraction of sp³-hybridized carbons (Fsp3) is 1.00. The van der Waals surface area contributed by atoms with Crippen molar-refractivity contribution in [2.24, 2.45) is 0 Å². The molecular weight excluding hydrogens is 150 g/mol. The van der Waals surface area contributed by atoms with Gasteiger partial charge in [-0.1, -0.05) is 20.8 Å². The largest absolute Gasteiger partial charge is 0.395 e. The zero-order chi connectivity index (χ0) is 9.40. The van der Waals surface area contributed by atoms with Crippen LogP contribution in [0.1, 0.15) is 40.0 Å². The molecule has 0 heterocycles. The Morgan fingerprint density at radius 1 is 1.08 bits per heavy atom. The number of aliphatic hydroxyl groups is 1. The summed E-state index contributed by atoms with van der Waals surface area (Å²) >= 11 is 0. The SMILES string of the molecule is CCCN(CCC)[C@H](CC)CO. The molecule has 0 rings (SSSR count). The maximum atomic E-state index is 9.11. The maximum Gasteiger partial charge on any atom is 0.0586 e. The Morgan fingerprint density at radius 2 is 1.58 bits per heavy atom. The van der Waals surface area contributed by atoms with E-state index in [0.29, 0.717) is 12.6 Å². The van der Waals surface area contributed by atoms with Gasteiger partial charge in [-0.3, -0.25) is 4.90 Å². The normalized spacial score (nSPS) is 13.8. The van der Waals surface area contributed by atoms with E-state index in [1.54, 1.807) is 0 Å². The summed E-state index contributed by atoms with van der Waals surface area (Å²) in [4.78, 5) is 2.39. The first-order chi connectivity index (χ1) is 5.79. The molecule has 0 bridgehead atoms. The molecule has 12 heavy (non-hydrogen) atoms. The third kappa shape index (κ3) is 4.07. The summed E-state index contributed by atoms with van der Waals surface area (Å²) in [5.74, 6) is 0. The zero-order valence-corrected chi connectivity index (χ0v) is 8.71. The van der Waals surface area contributed by atoms with Crippen LogP contribution in [0.4, 0.5) is 0 Å². The standard InChI is InChI=1S/C10H23NO/c1-4-7-11(8-5-2)10(6-3)9-12/h10,12H,4-9H2,1-3H3/t10-/m1/s1. The molecule has 0 aromatic heterocycles. The fourth-order valence-corrected chi connectivity index (χ4v) is 1.55. The van der Waals surface area contributed by atoms with E-state index in [1.165, 1.54) is 12.8 Å². The third-order valence-corrected chi connectivity index (χ3v) is 2.22. The molecule has 0 unspecified atom stereocenters. The molecule has 2 nitrogen and oxygen atoms in total. The van der Waals surface area contributed by atoms with E-state index < -0.39 is 0 Å². The second kappa shape index (κ2) is 7.56. The highest BCUT2D eigenvalue weighted by Gasteiger charge is 2.13. The van der Waals surface area contributed by atoms with Crippen LogP contribution in [0.5, 0.6) is 0 Å². The van der Waals surface area contributed by atoms with Gasteiger partial charge in [0.2, 0.25) is 0 Å². The Kier molecular flexibility index (Phi) is 7.51. The van der Waals surface area contributed by atoms with Crippen molar-refractivity contribution in [1.29, 1.82) is 0 Å². The van der Waals surface area contributed by atoms with Gasteiger partial charge in [-0.2, -0.15) is 0 Å². The van der Waals surface area contributed by atoms with Crippen molar-refractivity contribution in [1.82, 2.24) is 4.90 Å². The monoisotopic (exact) mass is 173 g/mol. The van der Waals surface area contributed by atoms with E-state index >= 15 is 0 Å². The lowest BCUT2D eigenvalue weighted by atomic mass is 10.2. The molecule has 0 spiro atoms. The summed E-state index contributed by atoms with van der Waals surface area (Å²) in [5.41, 5.74) is 0. The molecule has 0 aromatic rings. The quantitative estimate of drug-likeness (QED) is 0.635. The van der Waals surface area contributed by atoms with Gasteiger partial charge in [-0.15, -0.1) is 0 Å². The zero-order valence-electron chi connectivity index (χ0n) is 8.71. The highest BCUT2D eigenvalue weighted by molar-refractivity contribution is 4.68. The highest BCUT2D eigenvalue weighted by atomic mass is 16.3. The van der Waals surface area contributed by atoms with Crippen molar-refractivity contribution >= 4 is 0 Å². The molecular formula is C10H23NO. The molecule has 0 aliphatic carbocycles. The lowest BCUT2D eigenvalue weighted by Crippen LogP contribution is -2.38. The van der Waals surface area contributed by atoms with E-state index in [0.717, 1.165) is 19.5 Å². The van der Waals surface area contributed by atoms with Crippen LogP contribution in [0.15, 0.2) is 0 Å². The number of hydrogen-bond donors (Lipinski definition) is 1. The van der Waals surface area contributed by atoms with Crippen LogP contribution in [-0.4, -0.2) is 35.7 Å². The average molecular weight is 173 g/mol. The van der Waals surface area contributed by atoms with Crippen LogP contribution in [0.2, 0.25) is 0 Å². The van der Waals surface area contributed by atoms with Gasteiger partial charge >= 0.3 is 0 Å². The van der Waals surface area contributed by atoms with Gasteiger partial charge in [0, 0.05) is 6.04 Å². The minimum absolute atomic E-state index is 0.302. The predicted molar refractivity (Wildman–Crippen MR) is 53.3 cm³/mol. The van der Waals surface area contributed by atoms with E-state index in [9.17, 15) is 0 Å². The molecule has 1 atom stereocenters. The van der Waals surface area contributed by atoms with Gasteiger partial charge in [-0.25, -0.2) is 0 Å². The van der Waals surface area contributed by atoms with Crippen LogP contribution in [0, 0.1) is 0 Å². The van der Waals surface area contributed by atoms with E-state index in [1.807, 2.05) is 0 Å². The van der Waals surface area contributed by atoms with E-state index in [2.05, 4.69) is 25.7 Å². The molecule has 0 fully saturated rings. The predicted octanol–water partition coefficient (Wildman–Crippen LogP) is 1.88. The number of rotatable bonds is 7. The minimum Gasteiger partial charge on any atom is -0.395 e. The van der Waals surface area contributed by atoms with Gasteiger partial charge in [0.1, 0.15) is 0 Å². The molecule has 0 radical (unpaired) electrons. The Labute approximate surface area is 76.6 Å². The highest BCUT2D eigenvalue weighted by Crippen LogP contribution is 2.05. The van der Waals surface area contributed by atoms with Gasteiger partial charge in [0.25, 0.3) is 0 Å². The van der Waals surface area contributed by atoms with Gasteiger partial charge < -0.3 is 5.11 Å². The second-order valence-corrected chi connectivity index (χ2v) is 3.28. The summed E-state index contributed by atoms with van der Waals surface area (Å²) in [6.07, 6.45) is 3.41. The Hall–Kier alpha value is -0.0800. The molecule has 0 aliphatic rings. The minimum atomic E-state index is 0.302. The van der Waals surface area contributed by atoms with Crippen LogP contribution < -0.4 is 0 Å². The molecule has 0 aromatic carbocycles. The Morgan fingerprint density at radius 3 is 1.83 bits per heavy atom. The maximum absolute atomic E-state index is 9.11. The van der Waals surface area contributed by atoms with Crippen molar-refractivity contribution in [2.75, 3.05) is 19.7 Å². The molecule has 74 valence electrons. The smallest absolute Gasteiger partial charge is 0.0586 e. The molecule has 0 saturated carbocycles. The van der Waals surface area contributed by atoms with Crippen LogP contribution in [0.3, 0.4) is 0 Å². The first-order valence-electron chi connectivity index (χ1n) is 5.14. The molecule has 0 aliphatic heterocycles. The number of nitrogens with zero attached hydrogens (tertiary/aromatic N) is 1. The average Bonchev–Trinajstić information content (AvgIpc) is 2.07. The van der Waals surface area contributed by atoms with Crippen molar-refractivity contribution in [3.63, 3.8) is 0 Å². The summed E-state index contributed by atoms with van der Waals surface area (Å²) in [7, 11) is 0. The van der Waals surface area contributed by atoms with Crippen molar-refractivity contribution in [3.8, 4) is 0 Å². The first kappa shape index (κ1) is 11.9. The summed E-state index contributed by atoms with van der Waals surface area (Å²) < 4.78 is 0. The van der Waals surface area contributed by atoms with E-state index in [4.69, 9.17) is 5.11 Å². The lowest BCUT2D eigenvalue weighted by molar-refractivity contribution is 0.119. The van der Waals surface area contributed by atoms with Crippen molar-refractivity contribution in [2.45, 2.75) is 46.1 Å². The number of hydrogen-bond acceptors (Lipinski definition) is 2. The summed E-state index contributed by atoms with van der Waals surface area (Å²) in [6, 6.07) is 0.380. The molecule has 2 heteroatoms. The molecule has 0 amide bonds. The van der Waals surface area contributed by atoms with Crippen molar-refractivity contribution < 1.29 is 5.11 Å². The van der Waals surface area contributed by atoms with E-state index in [-0.39, 0.29) is 0 Å². The summed E-state index contributed by atoms with van der Waals surface area (Å²) in [6.45, 7) is 9.05. The van der Waals surface area contributed by atoms with Crippen molar-refractivity contribution in [3.05, 3.63) is 0 Å². The topological polar surface area (TPSA) is 23.5 Å². The second-order valence-electron chi connectivity index (χ2n) is 3.28. The van der Waals surface area contributed by atoms with Crippen LogP contribution in [0.25, 0.3) is 0 Å². The van der Waals surface area contributed by atoms with Crippen LogP contribution in [-0.2, 0) is 0 Å². The first-order valence-corrected chi connectivity index (χ1v) is 5.14. The van der Waals surface area contributed by atoms with Gasteiger partial charge in [-0.05, 0) is 32.4 Å². The van der Waals surface area contributed by atoms with Gasteiger partial charge in [0.05, 0.1) is 6.61 Å². The Bertz CT molecular complexity index is 85.8. The third-order valence-electron chi connectivity index (χ3n) is 2.22. The van der Waals surface area contributed by atoms with Crippen LogP contribution >= 0.6 is 0 Å². The molecule has 0 saturated heterocycles. The lowest BCUT2D eigenvalue weighted by Gasteiger charge is -2.28. The summed E-state index contributed by atoms with van der Waals surface area (Å²) in [5, 5.41) is 9.11. The fourth-order valence-electron chi connectivity index (χ4n) is 1.55. The Balaban J connectivity index is 3.86. The van der Waals surface area contributed by atoms with Gasteiger partial charge in [0.15, 0.2) is 0 Å². The molecule has 1 N–H and O–H groups in total. The number of aliphatic hydroxyl groups excluding tert-OH is 1.